The predicted octanol–water partition coefficient (Wildman–Crippen LogP) is 1.91. The molecule has 168 valence electrons. The zero-order valence-corrected chi connectivity index (χ0v) is 18.4. The molecular formula is C22H27ClN2O6. The van der Waals surface area contributed by atoms with Gasteiger partial charge in [0.25, 0.3) is 0 Å². The van der Waals surface area contributed by atoms with E-state index in [0.29, 0.717) is 30.0 Å². The lowest BCUT2D eigenvalue weighted by atomic mass is 9.71. The average Bonchev–Trinajstić information content (AvgIpc) is 3.37. The summed E-state index contributed by atoms with van der Waals surface area (Å²) in [6.07, 6.45) is 0.955. The number of halogens is 1. The second-order valence-corrected chi connectivity index (χ2v) is 8.74. The number of anilines is 1. The SMILES string of the molecule is CCOC(=O)[C@@H]1[C@@H]2CC[C@]3(O2)[C@H](C(=O)Nc2c(C)cccc2Cl)N(CCCO)C(=O)[C@@H]13. The van der Waals surface area contributed by atoms with Crippen molar-refractivity contribution in [3.8, 4) is 0 Å². The van der Waals surface area contributed by atoms with E-state index in [2.05, 4.69) is 5.32 Å². The maximum absolute atomic E-state index is 13.5. The standard InChI is InChI=1S/C22H27ClN2O6/c1-3-30-21(29)15-14-8-9-22(31-14)16(15)20(28)25(10-5-11-26)18(22)19(27)24-17-12(2)6-4-7-13(17)23/h4,6-7,14-16,18,26H,3,5,8-11H2,1-2H3,(H,24,27)/t14-,15+,16+,18-,22+/m0/s1. The van der Waals surface area contributed by atoms with Crippen LogP contribution in [-0.4, -0.2) is 65.3 Å². The molecule has 3 fully saturated rings. The second kappa shape index (κ2) is 8.41. The number of aliphatic hydroxyl groups excluding tert-OH is 1. The predicted molar refractivity (Wildman–Crippen MR) is 112 cm³/mol. The highest BCUT2D eigenvalue weighted by atomic mass is 35.5. The van der Waals surface area contributed by atoms with Gasteiger partial charge in [-0.25, -0.2) is 0 Å². The van der Waals surface area contributed by atoms with Crippen molar-refractivity contribution in [1.82, 2.24) is 4.90 Å². The number of hydrogen-bond donors (Lipinski definition) is 2. The fourth-order valence-corrected chi connectivity index (χ4v) is 5.69. The number of likely N-dealkylation sites (tertiary alicyclic amines) is 1. The summed E-state index contributed by atoms with van der Waals surface area (Å²) in [5.74, 6) is -2.66. The third-order valence-corrected chi connectivity index (χ3v) is 6.95. The molecular weight excluding hydrogens is 424 g/mol. The number of aryl methyl sites for hydroxylation is 1. The van der Waals surface area contributed by atoms with Crippen LogP contribution in [-0.2, 0) is 23.9 Å². The molecule has 0 radical (unpaired) electrons. The highest BCUT2D eigenvalue weighted by molar-refractivity contribution is 6.34. The van der Waals surface area contributed by atoms with Gasteiger partial charge in [-0.1, -0.05) is 23.7 Å². The van der Waals surface area contributed by atoms with E-state index in [9.17, 15) is 19.5 Å². The van der Waals surface area contributed by atoms with Gasteiger partial charge in [0, 0.05) is 13.2 Å². The molecule has 1 aromatic carbocycles. The van der Waals surface area contributed by atoms with Crippen LogP contribution < -0.4 is 5.32 Å². The van der Waals surface area contributed by atoms with Crippen molar-refractivity contribution in [2.75, 3.05) is 25.1 Å². The number of esters is 1. The van der Waals surface area contributed by atoms with E-state index >= 15 is 0 Å². The maximum atomic E-state index is 13.5. The summed E-state index contributed by atoms with van der Waals surface area (Å²) in [5, 5.41) is 12.6. The molecule has 8 nitrogen and oxygen atoms in total. The smallest absolute Gasteiger partial charge is 0.312 e. The Kier molecular flexibility index (Phi) is 5.98. The van der Waals surface area contributed by atoms with Crippen molar-refractivity contribution < 1.29 is 29.0 Å². The molecule has 3 aliphatic heterocycles. The molecule has 1 aromatic rings. The molecule has 0 aliphatic carbocycles. The van der Waals surface area contributed by atoms with Crippen molar-refractivity contribution >= 4 is 35.1 Å². The largest absolute Gasteiger partial charge is 0.466 e. The highest BCUT2D eigenvalue weighted by Crippen LogP contribution is 2.58. The van der Waals surface area contributed by atoms with Gasteiger partial charge < -0.3 is 24.8 Å². The van der Waals surface area contributed by atoms with Crippen LogP contribution in [0.25, 0.3) is 0 Å². The first-order valence-corrected chi connectivity index (χ1v) is 11.0. The summed E-state index contributed by atoms with van der Waals surface area (Å²) in [6.45, 7) is 3.83. The Bertz CT molecular complexity index is 888. The van der Waals surface area contributed by atoms with Crippen LogP contribution in [0.5, 0.6) is 0 Å². The number of carbonyl (C=O) groups is 3. The summed E-state index contributed by atoms with van der Waals surface area (Å²) in [5.41, 5.74) is 0.189. The lowest BCUT2D eigenvalue weighted by Crippen LogP contribution is -2.53. The summed E-state index contributed by atoms with van der Waals surface area (Å²) in [4.78, 5) is 41.1. The summed E-state index contributed by atoms with van der Waals surface area (Å²) in [7, 11) is 0. The number of carbonyl (C=O) groups excluding carboxylic acids is 3. The van der Waals surface area contributed by atoms with E-state index in [1.54, 1.807) is 19.1 Å². The number of nitrogens with zero attached hydrogens (tertiary/aromatic N) is 1. The van der Waals surface area contributed by atoms with Crippen LogP contribution in [0.3, 0.4) is 0 Å². The molecule has 2 N–H and O–H groups in total. The summed E-state index contributed by atoms with van der Waals surface area (Å²) >= 11 is 6.30. The van der Waals surface area contributed by atoms with Gasteiger partial charge in [-0.05, 0) is 44.7 Å². The van der Waals surface area contributed by atoms with Gasteiger partial charge in [0.15, 0.2) is 0 Å². The Balaban J connectivity index is 1.70. The monoisotopic (exact) mass is 450 g/mol. The molecule has 4 rings (SSSR count). The Morgan fingerprint density at radius 1 is 1.42 bits per heavy atom. The molecule has 1 spiro atoms. The van der Waals surface area contributed by atoms with Crippen LogP contribution in [0.4, 0.5) is 5.69 Å². The lowest BCUT2D eigenvalue weighted by Gasteiger charge is -2.33. The maximum Gasteiger partial charge on any atom is 0.312 e. The number of ether oxygens (including phenoxy) is 2. The minimum Gasteiger partial charge on any atom is -0.466 e. The number of fused-ring (bicyclic) bond motifs is 1. The van der Waals surface area contributed by atoms with Crippen LogP contribution in [0.15, 0.2) is 18.2 Å². The summed E-state index contributed by atoms with van der Waals surface area (Å²) in [6, 6.07) is 4.39. The van der Waals surface area contributed by atoms with E-state index < -0.39 is 41.5 Å². The number of aliphatic hydroxyl groups is 1. The van der Waals surface area contributed by atoms with Crippen LogP contribution in [0, 0.1) is 18.8 Å². The molecule has 0 unspecified atom stereocenters. The second-order valence-electron chi connectivity index (χ2n) is 8.34. The number of amides is 2. The van der Waals surface area contributed by atoms with E-state index in [1.165, 1.54) is 4.90 Å². The van der Waals surface area contributed by atoms with E-state index in [-0.39, 0.29) is 25.7 Å². The Morgan fingerprint density at radius 2 is 2.19 bits per heavy atom. The zero-order chi connectivity index (χ0) is 22.3. The van der Waals surface area contributed by atoms with Gasteiger partial charge in [0.05, 0.1) is 35.3 Å². The van der Waals surface area contributed by atoms with Gasteiger partial charge in [-0.15, -0.1) is 0 Å². The van der Waals surface area contributed by atoms with Gasteiger partial charge in [-0.3, -0.25) is 14.4 Å². The third-order valence-electron chi connectivity index (χ3n) is 6.63. The van der Waals surface area contributed by atoms with E-state index in [4.69, 9.17) is 21.1 Å². The molecule has 3 heterocycles. The first-order chi connectivity index (χ1) is 14.9. The number of nitrogens with one attached hydrogen (secondary N) is 1. The molecule has 0 saturated carbocycles. The zero-order valence-electron chi connectivity index (χ0n) is 17.6. The van der Waals surface area contributed by atoms with Crippen molar-refractivity contribution in [3.05, 3.63) is 28.8 Å². The number of hydrogen-bond acceptors (Lipinski definition) is 6. The minimum atomic E-state index is -1.09. The van der Waals surface area contributed by atoms with Crippen molar-refractivity contribution in [1.29, 1.82) is 0 Å². The first-order valence-electron chi connectivity index (χ1n) is 10.7. The third kappa shape index (κ3) is 3.41. The molecule has 31 heavy (non-hydrogen) atoms. The quantitative estimate of drug-likeness (QED) is 0.615. The number of para-hydroxylation sites is 1. The Hall–Kier alpha value is -2.16. The van der Waals surface area contributed by atoms with Gasteiger partial charge >= 0.3 is 5.97 Å². The molecule has 9 heteroatoms. The van der Waals surface area contributed by atoms with E-state index in [1.807, 2.05) is 13.0 Å². The number of benzene rings is 1. The van der Waals surface area contributed by atoms with Crippen LogP contribution in [0.2, 0.25) is 5.02 Å². The molecule has 2 amide bonds. The van der Waals surface area contributed by atoms with Gasteiger partial charge in [-0.2, -0.15) is 0 Å². The number of rotatable bonds is 7. The minimum absolute atomic E-state index is 0.121. The fraction of sp³-hybridized carbons (Fsp3) is 0.591. The van der Waals surface area contributed by atoms with Crippen LogP contribution >= 0.6 is 11.6 Å². The van der Waals surface area contributed by atoms with Crippen molar-refractivity contribution in [2.24, 2.45) is 11.8 Å². The van der Waals surface area contributed by atoms with Crippen LogP contribution in [0.1, 0.15) is 31.7 Å². The Morgan fingerprint density at radius 3 is 2.87 bits per heavy atom. The molecule has 3 aliphatic rings. The fourth-order valence-electron chi connectivity index (χ4n) is 5.42. The average molecular weight is 451 g/mol. The Labute approximate surface area is 185 Å². The van der Waals surface area contributed by atoms with Crippen molar-refractivity contribution in [3.63, 3.8) is 0 Å². The highest BCUT2D eigenvalue weighted by Gasteiger charge is 2.74. The molecule has 3 saturated heterocycles. The normalized spacial score (nSPS) is 31.1. The topological polar surface area (TPSA) is 105 Å². The van der Waals surface area contributed by atoms with Gasteiger partial charge in [0.2, 0.25) is 11.8 Å². The molecule has 0 aromatic heterocycles. The molecule has 2 bridgehead atoms. The summed E-state index contributed by atoms with van der Waals surface area (Å²) < 4.78 is 11.5. The lowest BCUT2D eigenvalue weighted by molar-refractivity contribution is -0.154. The van der Waals surface area contributed by atoms with E-state index in [0.717, 1.165) is 5.56 Å². The molecule has 5 atom stereocenters. The van der Waals surface area contributed by atoms with Gasteiger partial charge in [0.1, 0.15) is 11.6 Å². The first kappa shape index (κ1) is 22.0. The van der Waals surface area contributed by atoms with Crippen molar-refractivity contribution in [2.45, 2.75) is 50.9 Å².